The third-order valence-electron chi connectivity index (χ3n) is 3.94. The summed E-state index contributed by atoms with van der Waals surface area (Å²) in [4.78, 5) is 0. The minimum Gasteiger partial charge on any atom is -0.326 e. The summed E-state index contributed by atoms with van der Waals surface area (Å²) in [6.07, 6.45) is 1.47. The second kappa shape index (κ2) is 4.54. The Labute approximate surface area is 112 Å². The third kappa shape index (κ3) is 2.28. The van der Waals surface area contributed by atoms with Crippen molar-refractivity contribution in [2.45, 2.75) is 30.1 Å². The van der Waals surface area contributed by atoms with Gasteiger partial charge >= 0.3 is 0 Å². The van der Waals surface area contributed by atoms with Gasteiger partial charge in [0.05, 0.1) is 5.25 Å². The molecule has 19 heavy (non-hydrogen) atoms. The second-order valence-corrected chi connectivity index (χ2v) is 7.57. The molecule has 0 bridgehead atoms. The van der Waals surface area contributed by atoms with Gasteiger partial charge in [-0.15, -0.1) is 0 Å². The zero-order chi connectivity index (χ0) is 13.6. The molecule has 1 aromatic rings. The maximum absolute atomic E-state index is 13.8. The predicted octanol–water partition coefficient (Wildman–Crippen LogP) is 1.04. The van der Waals surface area contributed by atoms with Gasteiger partial charge in [-0.1, -0.05) is 18.2 Å². The first-order chi connectivity index (χ1) is 9.00. The largest absolute Gasteiger partial charge is 0.326 e. The lowest BCUT2D eigenvalue weighted by atomic mass is 9.94. The maximum Gasteiger partial charge on any atom is 0.217 e. The minimum atomic E-state index is -3.22. The number of nitrogens with two attached hydrogens (primary N) is 1. The van der Waals surface area contributed by atoms with Crippen LogP contribution in [0.15, 0.2) is 24.3 Å². The summed E-state index contributed by atoms with van der Waals surface area (Å²) < 4.78 is 39.6. The van der Waals surface area contributed by atoms with Crippen LogP contribution in [0.3, 0.4) is 0 Å². The first-order valence-electron chi connectivity index (χ1n) is 6.49. The van der Waals surface area contributed by atoms with E-state index in [0.717, 1.165) is 12.8 Å². The monoisotopic (exact) mass is 284 g/mol. The summed E-state index contributed by atoms with van der Waals surface area (Å²) in [7, 11) is -3.22. The van der Waals surface area contributed by atoms with Crippen molar-refractivity contribution in [2.24, 2.45) is 5.73 Å². The number of rotatable bonds is 3. The smallest absolute Gasteiger partial charge is 0.217 e. The van der Waals surface area contributed by atoms with Gasteiger partial charge in [0, 0.05) is 25.0 Å². The van der Waals surface area contributed by atoms with E-state index in [0.29, 0.717) is 12.1 Å². The Morgan fingerprint density at radius 1 is 1.21 bits per heavy atom. The van der Waals surface area contributed by atoms with Gasteiger partial charge in [0.25, 0.3) is 0 Å². The molecule has 1 saturated heterocycles. The number of hydrogen-bond acceptors (Lipinski definition) is 3. The van der Waals surface area contributed by atoms with Crippen LogP contribution in [0.1, 0.15) is 24.3 Å². The van der Waals surface area contributed by atoms with Gasteiger partial charge in [-0.05, 0) is 24.5 Å². The highest BCUT2D eigenvalue weighted by Gasteiger charge is 2.45. The van der Waals surface area contributed by atoms with Gasteiger partial charge in [-0.25, -0.2) is 12.8 Å². The summed E-state index contributed by atoms with van der Waals surface area (Å²) in [5.74, 6) is -0.566. The van der Waals surface area contributed by atoms with Crippen LogP contribution in [-0.2, 0) is 10.0 Å². The van der Waals surface area contributed by atoms with Crippen LogP contribution >= 0.6 is 0 Å². The van der Waals surface area contributed by atoms with Crippen molar-refractivity contribution in [3.8, 4) is 0 Å². The Morgan fingerprint density at radius 3 is 2.53 bits per heavy atom. The lowest BCUT2D eigenvalue weighted by molar-refractivity contribution is 0.467. The number of nitrogens with zero attached hydrogens (tertiary/aromatic N) is 1. The van der Waals surface area contributed by atoms with Gasteiger partial charge in [0.1, 0.15) is 5.82 Å². The molecule has 4 nitrogen and oxygen atoms in total. The molecule has 1 aliphatic carbocycles. The van der Waals surface area contributed by atoms with Crippen LogP contribution < -0.4 is 5.73 Å². The van der Waals surface area contributed by atoms with E-state index in [1.54, 1.807) is 18.2 Å². The molecule has 0 radical (unpaired) electrons. The van der Waals surface area contributed by atoms with Crippen molar-refractivity contribution in [3.05, 3.63) is 35.6 Å². The van der Waals surface area contributed by atoms with Crippen LogP contribution in [0.5, 0.6) is 0 Å². The summed E-state index contributed by atoms with van der Waals surface area (Å²) >= 11 is 0. The van der Waals surface area contributed by atoms with Gasteiger partial charge < -0.3 is 5.73 Å². The molecule has 0 spiro atoms. The average Bonchev–Trinajstić information content (AvgIpc) is 3.15. The fraction of sp³-hybridized carbons (Fsp3) is 0.538. The molecular weight excluding hydrogens is 267 g/mol. The number of sulfonamides is 1. The van der Waals surface area contributed by atoms with E-state index in [9.17, 15) is 12.8 Å². The zero-order valence-electron chi connectivity index (χ0n) is 10.5. The molecule has 0 unspecified atom stereocenters. The molecule has 104 valence electrons. The summed E-state index contributed by atoms with van der Waals surface area (Å²) in [5.41, 5.74) is 6.53. The molecule has 0 amide bonds. The van der Waals surface area contributed by atoms with Crippen LogP contribution in [0, 0.1) is 5.82 Å². The molecule has 2 aliphatic rings. The van der Waals surface area contributed by atoms with E-state index in [4.69, 9.17) is 5.73 Å². The Hall–Kier alpha value is -0.980. The van der Waals surface area contributed by atoms with E-state index in [1.807, 2.05) is 0 Å². The zero-order valence-corrected chi connectivity index (χ0v) is 11.3. The SMILES string of the molecule is N[C@@H]1CN(S(=O)(=O)C2CC2)C[C@H]1c1ccccc1F. The van der Waals surface area contributed by atoms with Gasteiger partial charge in [0.2, 0.25) is 10.0 Å². The first-order valence-corrected chi connectivity index (χ1v) is 7.99. The molecular formula is C13H17FN2O2S. The molecule has 0 aromatic heterocycles. The summed E-state index contributed by atoms with van der Waals surface area (Å²) in [6.45, 7) is 0.582. The number of hydrogen-bond donors (Lipinski definition) is 1. The number of halogens is 1. The molecule has 1 aliphatic heterocycles. The highest BCUT2D eigenvalue weighted by Crippen LogP contribution is 2.36. The fourth-order valence-electron chi connectivity index (χ4n) is 2.68. The standard InChI is InChI=1S/C13H17FN2O2S/c14-12-4-2-1-3-10(12)11-7-16(8-13(11)15)19(17,18)9-5-6-9/h1-4,9,11,13H,5-8,15H2/t11-,13+/m0/s1. The normalized spacial score (nSPS) is 28.7. The summed E-state index contributed by atoms with van der Waals surface area (Å²) in [6, 6.07) is 6.11. The van der Waals surface area contributed by atoms with Crippen LogP contribution in [-0.4, -0.2) is 37.1 Å². The van der Waals surface area contributed by atoms with Crippen LogP contribution in [0.4, 0.5) is 4.39 Å². The molecule has 1 aromatic carbocycles. The molecule has 2 atom stereocenters. The van der Waals surface area contributed by atoms with Crippen molar-refractivity contribution < 1.29 is 12.8 Å². The van der Waals surface area contributed by atoms with E-state index in [2.05, 4.69) is 0 Å². The quantitative estimate of drug-likeness (QED) is 0.902. The molecule has 2 N–H and O–H groups in total. The van der Waals surface area contributed by atoms with Crippen molar-refractivity contribution in [1.82, 2.24) is 4.31 Å². The Balaban J connectivity index is 1.84. The Kier molecular flexibility index (Phi) is 3.11. The van der Waals surface area contributed by atoms with Crippen molar-refractivity contribution in [3.63, 3.8) is 0 Å². The van der Waals surface area contributed by atoms with Crippen molar-refractivity contribution in [2.75, 3.05) is 13.1 Å². The molecule has 1 heterocycles. The number of benzene rings is 1. The van der Waals surface area contributed by atoms with Crippen LogP contribution in [0.25, 0.3) is 0 Å². The topological polar surface area (TPSA) is 63.4 Å². The van der Waals surface area contributed by atoms with Crippen molar-refractivity contribution in [1.29, 1.82) is 0 Å². The molecule has 6 heteroatoms. The van der Waals surface area contributed by atoms with Crippen LogP contribution in [0.2, 0.25) is 0 Å². The predicted molar refractivity (Wildman–Crippen MR) is 70.6 cm³/mol. The van der Waals surface area contributed by atoms with E-state index in [1.165, 1.54) is 10.4 Å². The fourth-order valence-corrected chi connectivity index (χ4v) is 4.58. The lowest BCUT2D eigenvalue weighted by Gasteiger charge is -2.16. The van der Waals surface area contributed by atoms with E-state index in [-0.39, 0.29) is 29.6 Å². The highest BCUT2D eigenvalue weighted by atomic mass is 32.2. The second-order valence-electron chi connectivity index (χ2n) is 5.35. The first kappa shape index (κ1) is 13.0. The van der Waals surface area contributed by atoms with Gasteiger partial charge in [0.15, 0.2) is 0 Å². The molecule has 1 saturated carbocycles. The van der Waals surface area contributed by atoms with Crippen molar-refractivity contribution >= 4 is 10.0 Å². The Bertz CT molecular complexity index is 586. The Morgan fingerprint density at radius 2 is 1.89 bits per heavy atom. The van der Waals surface area contributed by atoms with Gasteiger partial charge in [-0.3, -0.25) is 0 Å². The van der Waals surface area contributed by atoms with Gasteiger partial charge in [-0.2, -0.15) is 4.31 Å². The molecule has 2 fully saturated rings. The third-order valence-corrected chi connectivity index (χ3v) is 6.27. The highest BCUT2D eigenvalue weighted by molar-refractivity contribution is 7.90. The van der Waals surface area contributed by atoms with E-state index >= 15 is 0 Å². The van der Waals surface area contributed by atoms with E-state index < -0.39 is 10.0 Å². The lowest BCUT2D eigenvalue weighted by Crippen LogP contribution is -2.34. The minimum absolute atomic E-state index is 0.237. The average molecular weight is 284 g/mol. The summed E-state index contributed by atoms with van der Waals surface area (Å²) in [5, 5.41) is -0.237. The maximum atomic E-state index is 13.8. The molecule has 3 rings (SSSR count).